The Morgan fingerprint density at radius 2 is 1.77 bits per heavy atom. The average molecular weight is 486 g/mol. The third kappa shape index (κ3) is 4.00. The molecule has 0 aliphatic rings. The van der Waals surface area contributed by atoms with Gasteiger partial charge in [-0.25, -0.2) is 9.50 Å². The first-order valence-electron chi connectivity index (χ1n) is 8.81. The summed E-state index contributed by atoms with van der Waals surface area (Å²) in [5.41, 5.74) is -0.103. The molecule has 1 amide bonds. The number of anilines is 1. The van der Waals surface area contributed by atoms with E-state index in [1.54, 1.807) is 30.3 Å². The molecule has 0 saturated heterocycles. The second-order valence-electron chi connectivity index (χ2n) is 6.43. The van der Waals surface area contributed by atoms with Crippen LogP contribution in [0.3, 0.4) is 0 Å². The van der Waals surface area contributed by atoms with Crippen molar-refractivity contribution >= 4 is 33.2 Å². The molecule has 0 spiro atoms. The second-order valence-corrected chi connectivity index (χ2v) is 7.22. The minimum atomic E-state index is -4.73. The molecule has 0 radical (unpaired) electrons. The summed E-state index contributed by atoms with van der Waals surface area (Å²) in [5, 5.41) is 15.3. The van der Waals surface area contributed by atoms with E-state index in [2.05, 4.69) is 31.3 Å². The van der Waals surface area contributed by atoms with Gasteiger partial charge in [-0.2, -0.15) is 23.5 Å². The van der Waals surface area contributed by atoms with Crippen LogP contribution in [-0.2, 0) is 6.18 Å². The topological polar surface area (TPSA) is 83.1 Å². The molecule has 154 valence electrons. The smallest absolute Gasteiger partial charge is 0.321 e. The Morgan fingerprint density at radius 3 is 2.39 bits per heavy atom. The molecule has 2 aromatic carbocycles. The summed E-state index contributed by atoms with van der Waals surface area (Å²) in [6.45, 7) is 0. The lowest BCUT2D eigenvalue weighted by Crippen LogP contribution is -2.15. The largest absolute Gasteiger partial charge is 0.433 e. The molecule has 0 unspecified atom stereocenters. The zero-order chi connectivity index (χ0) is 22.2. The minimum absolute atomic E-state index is 0.0296. The second kappa shape index (κ2) is 7.85. The fourth-order valence-corrected chi connectivity index (χ4v) is 3.43. The summed E-state index contributed by atoms with van der Waals surface area (Å²) < 4.78 is 41.9. The number of halogens is 4. The van der Waals surface area contributed by atoms with Crippen LogP contribution in [0.1, 0.15) is 21.7 Å². The standard InChI is InChI=1S/C21H11BrF3N5O/c22-17-18(20(31)27-14-8-6-12(11-26)7-9-14)29-30-16(21(23,24)25)10-15(28-19(17)30)13-4-2-1-3-5-13/h1-10H,(H,27,31). The third-order valence-corrected chi connectivity index (χ3v) is 5.11. The number of carbonyl (C=O) groups excluding carboxylic acids is 1. The summed E-state index contributed by atoms with van der Waals surface area (Å²) in [5.74, 6) is -0.725. The van der Waals surface area contributed by atoms with Crippen molar-refractivity contribution in [3.8, 4) is 17.3 Å². The first-order chi connectivity index (χ1) is 14.8. The number of hydrogen-bond acceptors (Lipinski definition) is 4. The van der Waals surface area contributed by atoms with E-state index in [0.717, 1.165) is 6.07 Å². The van der Waals surface area contributed by atoms with Gasteiger partial charge in [0.1, 0.15) is 0 Å². The van der Waals surface area contributed by atoms with E-state index >= 15 is 0 Å². The number of nitrogens with one attached hydrogen (secondary N) is 1. The fourth-order valence-electron chi connectivity index (χ4n) is 2.91. The first kappa shape index (κ1) is 20.6. The van der Waals surface area contributed by atoms with Crippen LogP contribution in [0.4, 0.5) is 18.9 Å². The molecule has 0 bridgehead atoms. The predicted molar refractivity (Wildman–Crippen MR) is 110 cm³/mol. The van der Waals surface area contributed by atoms with Crippen LogP contribution in [0.25, 0.3) is 16.9 Å². The first-order valence-corrected chi connectivity index (χ1v) is 9.60. The molecular weight excluding hydrogens is 475 g/mol. The van der Waals surface area contributed by atoms with Crippen LogP contribution < -0.4 is 5.32 Å². The van der Waals surface area contributed by atoms with Crippen LogP contribution in [0.15, 0.2) is 65.1 Å². The van der Waals surface area contributed by atoms with Crippen molar-refractivity contribution in [2.24, 2.45) is 0 Å². The highest BCUT2D eigenvalue weighted by Gasteiger charge is 2.36. The molecule has 0 saturated carbocycles. The third-order valence-electron chi connectivity index (χ3n) is 4.38. The van der Waals surface area contributed by atoms with Crippen molar-refractivity contribution < 1.29 is 18.0 Å². The van der Waals surface area contributed by atoms with E-state index in [1.807, 2.05) is 6.07 Å². The average Bonchev–Trinajstić information content (AvgIpc) is 3.10. The molecular formula is C21H11BrF3N5O. The number of nitriles is 1. The van der Waals surface area contributed by atoms with Gasteiger partial charge in [0.25, 0.3) is 5.91 Å². The Hall–Kier alpha value is -3.71. The lowest BCUT2D eigenvalue weighted by Gasteiger charge is -2.11. The fraction of sp³-hybridized carbons (Fsp3) is 0.0476. The van der Waals surface area contributed by atoms with Gasteiger partial charge in [-0.1, -0.05) is 30.3 Å². The van der Waals surface area contributed by atoms with Gasteiger partial charge >= 0.3 is 6.18 Å². The number of hydrogen-bond donors (Lipinski definition) is 1. The summed E-state index contributed by atoms with van der Waals surface area (Å²) >= 11 is 3.18. The number of aromatic nitrogens is 3. The van der Waals surface area contributed by atoms with E-state index in [4.69, 9.17) is 5.26 Å². The van der Waals surface area contributed by atoms with E-state index in [-0.39, 0.29) is 21.5 Å². The van der Waals surface area contributed by atoms with Crippen LogP contribution >= 0.6 is 15.9 Å². The van der Waals surface area contributed by atoms with Gasteiger partial charge in [-0.05, 0) is 46.3 Å². The van der Waals surface area contributed by atoms with Crippen molar-refractivity contribution in [3.63, 3.8) is 0 Å². The Morgan fingerprint density at radius 1 is 1.10 bits per heavy atom. The molecule has 4 rings (SSSR count). The number of rotatable bonds is 3. The lowest BCUT2D eigenvalue weighted by molar-refractivity contribution is -0.142. The van der Waals surface area contributed by atoms with Gasteiger partial charge in [-0.15, -0.1) is 0 Å². The van der Waals surface area contributed by atoms with Crippen LogP contribution in [0, 0.1) is 11.3 Å². The Balaban J connectivity index is 1.81. The zero-order valence-electron chi connectivity index (χ0n) is 15.5. The number of benzene rings is 2. The molecule has 31 heavy (non-hydrogen) atoms. The van der Waals surface area contributed by atoms with E-state index in [0.29, 0.717) is 21.3 Å². The minimum Gasteiger partial charge on any atom is -0.321 e. The molecule has 10 heteroatoms. The molecule has 0 aliphatic heterocycles. The van der Waals surface area contributed by atoms with Crippen molar-refractivity contribution in [1.29, 1.82) is 5.26 Å². The maximum Gasteiger partial charge on any atom is 0.433 e. The van der Waals surface area contributed by atoms with E-state index < -0.39 is 17.8 Å². The summed E-state index contributed by atoms with van der Waals surface area (Å²) in [6.07, 6.45) is -4.73. The molecule has 0 atom stereocenters. The van der Waals surface area contributed by atoms with Crippen molar-refractivity contribution in [3.05, 3.63) is 82.1 Å². The Kier molecular flexibility index (Phi) is 5.20. The summed E-state index contributed by atoms with van der Waals surface area (Å²) in [4.78, 5) is 17.0. The van der Waals surface area contributed by atoms with Gasteiger partial charge in [0.2, 0.25) is 0 Å². The van der Waals surface area contributed by atoms with Gasteiger partial charge < -0.3 is 5.32 Å². The van der Waals surface area contributed by atoms with E-state index in [1.165, 1.54) is 24.3 Å². The summed E-state index contributed by atoms with van der Waals surface area (Å²) in [6, 6.07) is 17.3. The number of alkyl halides is 3. The van der Waals surface area contributed by atoms with E-state index in [9.17, 15) is 18.0 Å². The molecule has 4 aromatic rings. The number of fused-ring (bicyclic) bond motifs is 1. The van der Waals surface area contributed by atoms with Crippen molar-refractivity contribution in [1.82, 2.24) is 14.6 Å². The van der Waals surface area contributed by atoms with Crippen LogP contribution in [0.2, 0.25) is 0 Å². The zero-order valence-corrected chi connectivity index (χ0v) is 17.1. The highest BCUT2D eigenvalue weighted by molar-refractivity contribution is 9.10. The number of amides is 1. The van der Waals surface area contributed by atoms with Gasteiger partial charge in [0.05, 0.1) is 21.8 Å². The molecule has 6 nitrogen and oxygen atoms in total. The van der Waals surface area contributed by atoms with Gasteiger partial charge in [0, 0.05) is 11.3 Å². The SMILES string of the molecule is N#Cc1ccc(NC(=O)c2nn3c(C(F)(F)F)cc(-c4ccccc4)nc3c2Br)cc1. The van der Waals surface area contributed by atoms with Crippen molar-refractivity contribution in [2.45, 2.75) is 6.18 Å². The summed E-state index contributed by atoms with van der Waals surface area (Å²) in [7, 11) is 0. The molecule has 1 N–H and O–H groups in total. The predicted octanol–water partition coefficient (Wildman–Crippen LogP) is 5.30. The van der Waals surface area contributed by atoms with Crippen LogP contribution in [0.5, 0.6) is 0 Å². The van der Waals surface area contributed by atoms with Gasteiger partial charge in [0.15, 0.2) is 17.0 Å². The molecule has 0 aliphatic carbocycles. The Bertz CT molecular complexity index is 1330. The van der Waals surface area contributed by atoms with Gasteiger partial charge in [-0.3, -0.25) is 4.79 Å². The molecule has 2 heterocycles. The maximum absolute atomic E-state index is 13.7. The monoisotopic (exact) mass is 485 g/mol. The Labute approximate surface area is 182 Å². The van der Waals surface area contributed by atoms with Crippen LogP contribution in [-0.4, -0.2) is 20.5 Å². The molecule has 2 aromatic heterocycles. The molecule has 0 fully saturated rings. The lowest BCUT2D eigenvalue weighted by atomic mass is 10.1. The highest BCUT2D eigenvalue weighted by Crippen LogP contribution is 2.34. The van der Waals surface area contributed by atoms with Crippen molar-refractivity contribution in [2.75, 3.05) is 5.32 Å². The normalized spacial score (nSPS) is 11.3. The number of nitrogens with zero attached hydrogens (tertiary/aromatic N) is 4. The maximum atomic E-state index is 13.7. The number of carbonyl (C=O) groups is 1. The highest BCUT2D eigenvalue weighted by atomic mass is 79.9. The quantitative estimate of drug-likeness (QED) is 0.426.